The van der Waals surface area contributed by atoms with E-state index in [1.165, 1.54) is 11.4 Å². The van der Waals surface area contributed by atoms with Crippen LogP contribution >= 0.6 is 0 Å². The molecule has 2 rings (SSSR count). The molecule has 1 aliphatic rings. The number of urea groups is 1. The summed E-state index contributed by atoms with van der Waals surface area (Å²) in [5.41, 5.74) is 1.07. The van der Waals surface area contributed by atoms with Gasteiger partial charge < -0.3 is 25.4 Å². The third-order valence-electron chi connectivity index (χ3n) is 5.60. The zero-order valence-corrected chi connectivity index (χ0v) is 21.0. The average molecular weight is 485 g/mol. The molecule has 0 unspecified atom stereocenters. The van der Waals surface area contributed by atoms with Crippen LogP contribution in [0.5, 0.6) is 5.75 Å². The maximum atomic E-state index is 13.1. The number of ether oxygens (including phenoxy) is 1. The number of carbonyl (C=O) groups excluding carboxylic acids is 2. The number of hydrogen-bond donors (Lipinski definition) is 3. The molecule has 1 heterocycles. The number of aliphatic hydroxyl groups is 1. The Labute approximate surface area is 196 Å². The molecule has 0 saturated heterocycles. The Morgan fingerprint density at radius 1 is 1.33 bits per heavy atom. The molecule has 0 fully saturated rings. The highest BCUT2D eigenvalue weighted by atomic mass is 32.2. The van der Waals surface area contributed by atoms with Gasteiger partial charge in [-0.3, -0.25) is 4.79 Å². The summed E-state index contributed by atoms with van der Waals surface area (Å²) < 4.78 is 31.5. The molecular formula is C22H36N4O6S. The van der Waals surface area contributed by atoms with E-state index in [-0.39, 0.29) is 43.5 Å². The average Bonchev–Trinajstić information content (AvgIpc) is 2.74. The van der Waals surface area contributed by atoms with Gasteiger partial charge in [0.1, 0.15) is 11.9 Å². The van der Waals surface area contributed by atoms with E-state index in [2.05, 4.69) is 10.6 Å². The van der Waals surface area contributed by atoms with Gasteiger partial charge in [-0.15, -0.1) is 0 Å². The summed E-state index contributed by atoms with van der Waals surface area (Å²) in [6.45, 7) is 7.56. The molecule has 0 aliphatic carbocycles. The zero-order valence-electron chi connectivity index (χ0n) is 20.2. The number of benzene rings is 1. The van der Waals surface area contributed by atoms with Crippen LogP contribution in [-0.2, 0) is 21.2 Å². The SMILES string of the molecule is CC(C)NC(=O)Nc1ccc2c(c1)CC(=O)N([C@H](C)CO)C[C@H](C)[C@H](CN(C)S(C)(=O)=O)O2. The summed E-state index contributed by atoms with van der Waals surface area (Å²) in [4.78, 5) is 26.9. The van der Waals surface area contributed by atoms with E-state index >= 15 is 0 Å². The van der Waals surface area contributed by atoms with Gasteiger partial charge in [-0.1, -0.05) is 6.92 Å². The zero-order chi connectivity index (χ0) is 24.9. The largest absolute Gasteiger partial charge is 0.488 e. The topological polar surface area (TPSA) is 128 Å². The first kappa shape index (κ1) is 26.9. The lowest BCUT2D eigenvalue weighted by molar-refractivity contribution is -0.134. The first-order chi connectivity index (χ1) is 15.3. The van der Waals surface area contributed by atoms with Crippen LogP contribution in [0.15, 0.2) is 18.2 Å². The van der Waals surface area contributed by atoms with E-state index in [0.29, 0.717) is 23.5 Å². The van der Waals surface area contributed by atoms with Crippen LogP contribution < -0.4 is 15.4 Å². The van der Waals surface area contributed by atoms with E-state index in [0.717, 1.165) is 6.26 Å². The second-order valence-electron chi connectivity index (χ2n) is 9.01. The molecule has 1 aromatic rings. The summed E-state index contributed by atoms with van der Waals surface area (Å²) in [7, 11) is -1.95. The van der Waals surface area contributed by atoms with Crippen molar-refractivity contribution in [2.75, 3.05) is 38.3 Å². The molecular weight excluding hydrogens is 448 g/mol. The molecule has 3 atom stereocenters. The summed E-state index contributed by atoms with van der Waals surface area (Å²) in [5, 5.41) is 15.2. The third kappa shape index (κ3) is 7.58. The van der Waals surface area contributed by atoms with Crippen molar-refractivity contribution in [3.05, 3.63) is 23.8 Å². The fourth-order valence-corrected chi connectivity index (χ4v) is 3.96. The maximum Gasteiger partial charge on any atom is 0.319 e. The highest BCUT2D eigenvalue weighted by Crippen LogP contribution is 2.29. The molecule has 0 bridgehead atoms. The van der Waals surface area contributed by atoms with Crippen molar-refractivity contribution in [1.82, 2.24) is 14.5 Å². The molecule has 33 heavy (non-hydrogen) atoms. The number of anilines is 1. The van der Waals surface area contributed by atoms with Gasteiger partial charge in [-0.2, -0.15) is 0 Å². The van der Waals surface area contributed by atoms with E-state index in [4.69, 9.17) is 4.74 Å². The number of rotatable bonds is 7. The number of carbonyl (C=O) groups is 2. The van der Waals surface area contributed by atoms with Crippen LogP contribution in [0.1, 0.15) is 33.3 Å². The standard InChI is InChI=1S/C22H36N4O6S/c1-14(2)23-22(29)24-18-7-8-19-17(9-18)10-21(28)26(16(4)13-27)11-15(3)20(32-19)12-25(5)33(6,30)31/h7-9,14-16,20,27H,10-13H2,1-6H3,(H2,23,24,29)/t15-,16+,20-/m0/s1. The number of likely N-dealkylation sites (N-methyl/N-ethyl adjacent to an activating group) is 1. The van der Waals surface area contributed by atoms with Gasteiger partial charge in [-0.05, 0) is 39.0 Å². The first-order valence-electron chi connectivity index (χ1n) is 11.0. The van der Waals surface area contributed by atoms with Gasteiger partial charge in [0.2, 0.25) is 15.9 Å². The summed E-state index contributed by atoms with van der Waals surface area (Å²) >= 11 is 0. The molecule has 0 radical (unpaired) electrons. The van der Waals surface area contributed by atoms with Crippen LogP contribution in [0.25, 0.3) is 0 Å². The minimum atomic E-state index is -3.43. The van der Waals surface area contributed by atoms with Gasteiger partial charge >= 0.3 is 6.03 Å². The molecule has 0 saturated carbocycles. The van der Waals surface area contributed by atoms with Crippen molar-refractivity contribution in [2.45, 2.75) is 52.3 Å². The number of sulfonamides is 1. The predicted octanol–water partition coefficient (Wildman–Crippen LogP) is 1.26. The van der Waals surface area contributed by atoms with Gasteiger partial charge in [0.25, 0.3) is 0 Å². The Hall–Kier alpha value is -2.37. The quantitative estimate of drug-likeness (QED) is 0.535. The number of amides is 3. The van der Waals surface area contributed by atoms with Gasteiger partial charge in [-0.25, -0.2) is 17.5 Å². The van der Waals surface area contributed by atoms with Crippen LogP contribution in [0.4, 0.5) is 10.5 Å². The highest BCUT2D eigenvalue weighted by Gasteiger charge is 2.32. The van der Waals surface area contributed by atoms with Crippen LogP contribution in [0.3, 0.4) is 0 Å². The molecule has 1 aliphatic heterocycles. The number of nitrogens with zero attached hydrogens (tertiary/aromatic N) is 2. The van der Waals surface area contributed by atoms with Crippen molar-refractivity contribution in [2.24, 2.45) is 5.92 Å². The third-order valence-corrected chi connectivity index (χ3v) is 6.88. The van der Waals surface area contributed by atoms with Crippen molar-refractivity contribution < 1.29 is 27.9 Å². The van der Waals surface area contributed by atoms with Crippen molar-refractivity contribution in [3.8, 4) is 5.75 Å². The molecule has 11 heteroatoms. The smallest absolute Gasteiger partial charge is 0.319 e. The van der Waals surface area contributed by atoms with Gasteiger partial charge in [0.15, 0.2) is 0 Å². The minimum absolute atomic E-state index is 0.0162. The molecule has 3 amide bonds. The van der Waals surface area contributed by atoms with Gasteiger partial charge in [0.05, 0.1) is 31.9 Å². The van der Waals surface area contributed by atoms with Crippen LogP contribution in [0.2, 0.25) is 0 Å². The van der Waals surface area contributed by atoms with E-state index in [1.54, 1.807) is 30.0 Å². The lowest BCUT2D eigenvalue weighted by Gasteiger charge is -2.33. The molecule has 10 nitrogen and oxygen atoms in total. The number of fused-ring (bicyclic) bond motifs is 1. The Morgan fingerprint density at radius 3 is 2.58 bits per heavy atom. The molecule has 186 valence electrons. The second-order valence-corrected chi connectivity index (χ2v) is 11.1. The minimum Gasteiger partial charge on any atom is -0.488 e. The first-order valence-corrected chi connectivity index (χ1v) is 12.8. The number of aliphatic hydroxyl groups excluding tert-OH is 1. The fourth-order valence-electron chi connectivity index (χ4n) is 3.54. The lowest BCUT2D eigenvalue weighted by atomic mass is 10.0. The number of nitrogens with one attached hydrogen (secondary N) is 2. The second kappa shape index (κ2) is 11.2. The summed E-state index contributed by atoms with van der Waals surface area (Å²) in [5.74, 6) is 0.0530. The Morgan fingerprint density at radius 2 is 2.00 bits per heavy atom. The molecule has 0 spiro atoms. The summed E-state index contributed by atoms with van der Waals surface area (Å²) in [6, 6.07) is 4.23. The molecule has 0 aromatic heterocycles. The lowest BCUT2D eigenvalue weighted by Crippen LogP contribution is -2.48. The molecule has 1 aromatic carbocycles. The monoisotopic (exact) mass is 484 g/mol. The maximum absolute atomic E-state index is 13.1. The Balaban J connectivity index is 2.43. The van der Waals surface area contributed by atoms with Crippen molar-refractivity contribution in [1.29, 1.82) is 0 Å². The van der Waals surface area contributed by atoms with Crippen LogP contribution in [0, 0.1) is 5.92 Å². The summed E-state index contributed by atoms with van der Waals surface area (Å²) in [6.07, 6.45) is 0.609. The fraction of sp³-hybridized carbons (Fsp3) is 0.636. The van der Waals surface area contributed by atoms with Crippen molar-refractivity contribution >= 4 is 27.6 Å². The van der Waals surface area contributed by atoms with E-state index in [9.17, 15) is 23.1 Å². The Bertz CT molecular complexity index is 952. The Kier molecular flexibility index (Phi) is 9.10. The van der Waals surface area contributed by atoms with Gasteiger partial charge in [0, 0.05) is 36.8 Å². The highest BCUT2D eigenvalue weighted by molar-refractivity contribution is 7.88. The molecule has 3 N–H and O–H groups in total. The van der Waals surface area contributed by atoms with Crippen molar-refractivity contribution in [3.63, 3.8) is 0 Å². The normalized spacial score (nSPS) is 20.4. The predicted molar refractivity (Wildman–Crippen MR) is 127 cm³/mol. The van der Waals surface area contributed by atoms with E-state index in [1.807, 2.05) is 20.8 Å². The van der Waals surface area contributed by atoms with Crippen LogP contribution in [-0.4, -0.2) is 85.9 Å². The number of hydrogen-bond acceptors (Lipinski definition) is 6. The van der Waals surface area contributed by atoms with E-state index < -0.39 is 22.2 Å².